The fourth-order valence-electron chi connectivity index (χ4n) is 3.29. The van der Waals surface area contributed by atoms with Gasteiger partial charge in [0, 0.05) is 17.6 Å². The number of carbonyl (C=O) groups excluding carboxylic acids is 2. The van der Waals surface area contributed by atoms with Gasteiger partial charge in [0.25, 0.3) is 11.5 Å². The number of hydrazine groups is 1. The van der Waals surface area contributed by atoms with E-state index in [2.05, 4.69) is 10.9 Å². The highest BCUT2D eigenvalue weighted by Crippen LogP contribution is 2.21. The van der Waals surface area contributed by atoms with E-state index in [1.54, 1.807) is 30.5 Å². The molecule has 172 valence electrons. The Morgan fingerprint density at radius 3 is 2.61 bits per heavy atom. The standard InChI is InChI=1S/C25H26ClN3O4/c1-17-6-3-7-19(14-17)16-29-12-4-8-21(25(29)32)24(31)28-27-23(30)9-5-13-33-22-11-10-20(26)15-18(22)2/h3-4,6-8,10-12,14-15H,5,9,13,16H2,1-2H3,(H,27,30)(H,28,31). The van der Waals surface area contributed by atoms with Gasteiger partial charge in [-0.15, -0.1) is 0 Å². The number of nitrogens with zero attached hydrogens (tertiary/aromatic N) is 1. The molecule has 0 aliphatic heterocycles. The van der Waals surface area contributed by atoms with Gasteiger partial charge in [0.05, 0.1) is 13.2 Å². The maximum absolute atomic E-state index is 12.7. The van der Waals surface area contributed by atoms with Crippen LogP contribution >= 0.6 is 11.6 Å². The van der Waals surface area contributed by atoms with Crippen LogP contribution in [0.2, 0.25) is 5.02 Å². The lowest BCUT2D eigenvalue weighted by Gasteiger charge is -2.11. The number of hydrogen-bond donors (Lipinski definition) is 2. The minimum absolute atomic E-state index is 0.0491. The van der Waals surface area contributed by atoms with Crippen LogP contribution in [-0.4, -0.2) is 23.0 Å². The molecule has 0 aliphatic carbocycles. The molecule has 2 aromatic carbocycles. The minimum atomic E-state index is -0.667. The van der Waals surface area contributed by atoms with E-state index in [0.717, 1.165) is 16.7 Å². The molecule has 2 amide bonds. The first-order valence-electron chi connectivity index (χ1n) is 10.6. The molecule has 0 bridgehead atoms. The fraction of sp³-hybridized carbons (Fsp3) is 0.240. The fourth-order valence-corrected chi connectivity index (χ4v) is 3.51. The number of aryl methyl sites for hydroxylation is 2. The summed E-state index contributed by atoms with van der Waals surface area (Å²) in [6, 6.07) is 16.2. The van der Waals surface area contributed by atoms with Crippen molar-refractivity contribution in [1.29, 1.82) is 0 Å². The zero-order valence-corrected chi connectivity index (χ0v) is 19.3. The van der Waals surface area contributed by atoms with Crippen LogP contribution < -0.4 is 21.1 Å². The molecule has 0 radical (unpaired) electrons. The molecule has 0 spiro atoms. The second-order valence-electron chi connectivity index (χ2n) is 7.71. The van der Waals surface area contributed by atoms with Gasteiger partial charge in [0.1, 0.15) is 11.3 Å². The van der Waals surface area contributed by atoms with E-state index in [-0.39, 0.29) is 17.9 Å². The van der Waals surface area contributed by atoms with Gasteiger partial charge in [-0.2, -0.15) is 0 Å². The molecular weight excluding hydrogens is 442 g/mol. The van der Waals surface area contributed by atoms with Crippen molar-refractivity contribution >= 4 is 23.4 Å². The Morgan fingerprint density at radius 2 is 1.85 bits per heavy atom. The lowest BCUT2D eigenvalue weighted by molar-refractivity contribution is -0.122. The molecule has 7 nitrogen and oxygen atoms in total. The second-order valence-corrected chi connectivity index (χ2v) is 8.14. The van der Waals surface area contributed by atoms with Gasteiger partial charge < -0.3 is 9.30 Å². The van der Waals surface area contributed by atoms with Gasteiger partial charge in [-0.3, -0.25) is 25.2 Å². The van der Waals surface area contributed by atoms with Gasteiger partial charge in [-0.25, -0.2) is 0 Å². The van der Waals surface area contributed by atoms with Crippen LogP contribution in [0, 0.1) is 13.8 Å². The zero-order chi connectivity index (χ0) is 23.8. The summed E-state index contributed by atoms with van der Waals surface area (Å²) in [5.74, 6) is -0.338. The molecule has 0 unspecified atom stereocenters. The number of rotatable bonds is 8. The third kappa shape index (κ3) is 6.95. The highest BCUT2D eigenvalue weighted by atomic mass is 35.5. The van der Waals surface area contributed by atoms with E-state index >= 15 is 0 Å². The van der Waals surface area contributed by atoms with Crippen LogP contribution in [0.15, 0.2) is 65.6 Å². The second kappa shape index (κ2) is 11.3. The minimum Gasteiger partial charge on any atom is -0.493 e. The number of pyridine rings is 1. The predicted molar refractivity (Wildman–Crippen MR) is 128 cm³/mol. The number of halogens is 1. The van der Waals surface area contributed by atoms with Crippen LogP contribution in [0.3, 0.4) is 0 Å². The summed E-state index contributed by atoms with van der Waals surface area (Å²) in [5, 5.41) is 0.635. The average molecular weight is 468 g/mol. The molecule has 3 aromatic rings. The van der Waals surface area contributed by atoms with Crippen LogP contribution in [0.5, 0.6) is 5.75 Å². The highest BCUT2D eigenvalue weighted by molar-refractivity contribution is 6.30. The number of benzene rings is 2. The smallest absolute Gasteiger partial charge is 0.275 e. The average Bonchev–Trinajstić information content (AvgIpc) is 2.78. The Morgan fingerprint density at radius 1 is 1.03 bits per heavy atom. The van der Waals surface area contributed by atoms with Crippen molar-refractivity contribution in [2.24, 2.45) is 0 Å². The topological polar surface area (TPSA) is 89.4 Å². The van der Waals surface area contributed by atoms with Gasteiger partial charge in [0.15, 0.2) is 0 Å². The monoisotopic (exact) mass is 467 g/mol. The number of amides is 2. The first-order chi connectivity index (χ1) is 15.8. The first kappa shape index (κ1) is 24.1. The largest absolute Gasteiger partial charge is 0.493 e. The summed E-state index contributed by atoms with van der Waals surface area (Å²) in [5.41, 5.74) is 7.13. The number of hydrogen-bond acceptors (Lipinski definition) is 4. The van der Waals surface area contributed by atoms with Crippen LogP contribution in [0.4, 0.5) is 0 Å². The van der Waals surface area contributed by atoms with Crippen LogP contribution in [0.1, 0.15) is 39.9 Å². The van der Waals surface area contributed by atoms with Crippen molar-refractivity contribution in [3.8, 4) is 5.75 Å². The maximum atomic E-state index is 12.7. The highest BCUT2D eigenvalue weighted by Gasteiger charge is 2.13. The van der Waals surface area contributed by atoms with Gasteiger partial charge in [-0.1, -0.05) is 41.4 Å². The Balaban J connectivity index is 1.48. The van der Waals surface area contributed by atoms with Crippen molar-refractivity contribution in [1.82, 2.24) is 15.4 Å². The predicted octanol–water partition coefficient (Wildman–Crippen LogP) is 3.79. The number of carbonyl (C=O) groups is 2. The molecule has 0 saturated carbocycles. The molecule has 0 aliphatic rings. The summed E-state index contributed by atoms with van der Waals surface area (Å²) in [7, 11) is 0. The quantitative estimate of drug-likeness (QED) is 0.389. The Hall–Kier alpha value is -3.58. The SMILES string of the molecule is Cc1cccc(Cn2cccc(C(=O)NNC(=O)CCCOc3ccc(Cl)cc3C)c2=O)c1. The molecule has 8 heteroatoms. The molecular formula is C25H26ClN3O4. The van der Waals surface area contributed by atoms with E-state index in [4.69, 9.17) is 16.3 Å². The van der Waals surface area contributed by atoms with Crippen molar-refractivity contribution < 1.29 is 14.3 Å². The van der Waals surface area contributed by atoms with E-state index in [0.29, 0.717) is 30.3 Å². The van der Waals surface area contributed by atoms with Crippen molar-refractivity contribution in [3.63, 3.8) is 0 Å². The number of nitrogens with one attached hydrogen (secondary N) is 2. The Bertz CT molecular complexity index is 1210. The van der Waals surface area contributed by atoms with E-state index < -0.39 is 11.5 Å². The molecule has 0 atom stereocenters. The number of ether oxygens (including phenoxy) is 1. The third-order valence-electron chi connectivity index (χ3n) is 4.96. The van der Waals surface area contributed by atoms with E-state index in [1.807, 2.05) is 38.1 Å². The van der Waals surface area contributed by atoms with E-state index in [1.165, 1.54) is 10.6 Å². The van der Waals surface area contributed by atoms with E-state index in [9.17, 15) is 14.4 Å². The molecule has 33 heavy (non-hydrogen) atoms. The van der Waals surface area contributed by atoms with Gasteiger partial charge in [0.2, 0.25) is 5.91 Å². The van der Waals surface area contributed by atoms with Crippen molar-refractivity contribution in [2.45, 2.75) is 33.2 Å². The molecule has 2 N–H and O–H groups in total. The molecule has 1 aromatic heterocycles. The first-order valence-corrected chi connectivity index (χ1v) is 10.9. The molecule has 1 heterocycles. The lowest BCUT2D eigenvalue weighted by atomic mass is 10.1. The summed E-state index contributed by atoms with van der Waals surface area (Å²) >= 11 is 5.92. The molecule has 0 fully saturated rings. The Kier molecular flexibility index (Phi) is 8.27. The molecule has 3 rings (SSSR count). The van der Waals surface area contributed by atoms with Gasteiger partial charge in [-0.05, 0) is 61.7 Å². The van der Waals surface area contributed by atoms with Crippen molar-refractivity contribution in [2.75, 3.05) is 6.61 Å². The lowest BCUT2D eigenvalue weighted by Crippen LogP contribution is -2.44. The summed E-state index contributed by atoms with van der Waals surface area (Å²) in [6.07, 6.45) is 2.24. The van der Waals surface area contributed by atoms with Crippen LogP contribution in [0.25, 0.3) is 0 Å². The number of aromatic nitrogens is 1. The normalized spacial score (nSPS) is 10.5. The Labute approximate surface area is 197 Å². The van der Waals surface area contributed by atoms with Gasteiger partial charge >= 0.3 is 0 Å². The third-order valence-corrected chi connectivity index (χ3v) is 5.19. The molecule has 0 saturated heterocycles. The van der Waals surface area contributed by atoms with Crippen molar-refractivity contribution in [3.05, 3.63) is 98.4 Å². The zero-order valence-electron chi connectivity index (χ0n) is 18.6. The summed E-state index contributed by atoms with van der Waals surface area (Å²) in [6.45, 7) is 4.55. The summed E-state index contributed by atoms with van der Waals surface area (Å²) in [4.78, 5) is 37.2. The summed E-state index contributed by atoms with van der Waals surface area (Å²) < 4.78 is 7.11. The van der Waals surface area contributed by atoms with Crippen LogP contribution in [-0.2, 0) is 11.3 Å². The maximum Gasteiger partial charge on any atom is 0.275 e.